The number of nitrogens with one attached hydrogen (secondary N) is 2. The van der Waals surface area contributed by atoms with Gasteiger partial charge in [-0.25, -0.2) is 4.98 Å². The predicted octanol–water partition coefficient (Wildman–Crippen LogP) is 1.79. The van der Waals surface area contributed by atoms with Crippen molar-refractivity contribution in [3.8, 4) is 0 Å². The van der Waals surface area contributed by atoms with Crippen molar-refractivity contribution in [1.29, 1.82) is 0 Å². The van der Waals surface area contributed by atoms with Gasteiger partial charge in [0.15, 0.2) is 5.82 Å². The second-order valence-electron chi connectivity index (χ2n) is 3.91. The van der Waals surface area contributed by atoms with Crippen LogP contribution in [0, 0.1) is 6.92 Å². The highest BCUT2D eigenvalue weighted by atomic mass is 15.3. The molecule has 82 valence electrons. The van der Waals surface area contributed by atoms with E-state index in [4.69, 9.17) is 0 Å². The Morgan fingerprint density at radius 1 is 1.44 bits per heavy atom. The molecule has 0 bridgehead atoms. The van der Waals surface area contributed by atoms with Gasteiger partial charge in [-0.3, -0.25) is 4.68 Å². The Kier molecular flexibility index (Phi) is 1.86. The summed E-state index contributed by atoms with van der Waals surface area (Å²) in [5, 5.41) is 11.1. The fraction of sp³-hybridized carbons (Fsp3) is 0.273. The minimum absolute atomic E-state index is 0.762. The predicted molar refractivity (Wildman–Crippen MR) is 62.8 cm³/mol. The van der Waals surface area contributed by atoms with Crippen LogP contribution in [-0.4, -0.2) is 14.8 Å². The highest BCUT2D eigenvalue weighted by molar-refractivity contribution is 5.75. The second-order valence-corrected chi connectivity index (χ2v) is 3.91. The van der Waals surface area contributed by atoms with E-state index in [9.17, 15) is 0 Å². The van der Waals surface area contributed by atoms with E-state index in [0.717, 1.165) is 35.1 Å². The Morgan fingerprint density at radius 3 is 3.19 bits per heavy atom. The van der Waals surface area contributed by atoms with Crippen molar-refractivity contribution in [3.63, 3.8) is 0 Å². The summed E-state index contributed by atoms with van der Waals surface area (Å²) in [6.45, 7) is 2.76. The normalized spacial score (nSPS) is 13.1. The zero-order valence-corrected chi connectivity index (χ0v) is 9.28. The molecule has 2 aromatic rings. The summed E-state index contributed by atoms with van der Waals surface area (Å²) in [4.78, 5) is 4.32. The lowest BCUT2D eigenvalue weighted by molar-refractivity contribution is 0.714. The molecule has 3 rings (SSSR count). The van der Waals surface area contributed by atoms with Crippen LogP contribution in [0.1, 0.15) is 11.4 Å². The van der Waals surface area contributed by atoms with Gasteiger partial charge in [0.05, 0.1) is 29.3 Å². The minimum atomic E-state index is 0.762. The number of aryl methyl sites for hydroxylation is 2. The van der Waals surface area contributed by atoms with Gasteiger partial charge in [0.1, 0.15) is 0 Å². The number of fused-ring (bicyclic) bond motifs is 2. The molecule has 0 spiro atoms. The maximum Gasteiger partial charge on any atom is 0.153 e. The zero-order chi connectivity index (χ0) is 11.1. The number of nitrogens with zero attached hydrogens (tertiary/aromatic N) is 3. The molecular formula is C11H13N5. The van der Waals surface area contributed by atoms with E-state index < -0.39 is 0 Å². The Morgan fingerprint density at radius 2 is 2.31 bits per heavy atom. The maximum atomic E-state index is 4.39. The highest BCUT2D eigenvalue weighted by Gasteiger charge is 2.18. The smallest absolute Gasteiger partial charge is 0.153 e. The first-order valence-electron chi connectivity index (χ1n) is 5.24. The Balaban J connectivity index is 2.14. The molecule has 0 aliphatic carbocycles. The van der Waals surface area contributed by atoms with Crippen LogP contribution in [0.3, 0.4) is 0 Å². The van der Waals surface area contributed by atoms with Gasteiger partial charge in [-0.05, 0) is 19.1 Å². The zero-order valence-electron chi connectivity index (χ0n) is 9.28. The van der Waals surface area contributed by atoms with Crippen LogP contribution in [0.25, 0.3) is 0 Å². The summed E-state index contributed by atoms with van der Waals surface area (Å²) in [6, 6.07) is 3.94. The van der Waals surface area contributed by atoms with Gasteiger partial charge in [0, 0.05) is 13.2 Å². The first-order valence-corrected chi connectivity index (χ1v) is 5.24. The van der Waals surface area contributed by atoms with Crippen LogP contribution in [0.5, 0.6) is 0 Å². The monoisotopic (exact) mass is 215 g/mol. The molecule has 2 aromatic heterocycles. The first kappa shape index (κ1) is 9.21. The third-order valence-corrected chi connectivity index (χ3v) is 2.84. The lowest BCUT2D eigenvalue weighted by Crippen LogP contribution is -2.04. The summed E-state index contributed by atoms with van der Waals surface area (Å²) in [7, 11) is 1.96. The van der Waals surface area contributed by atoms with Crippen LogP contribution >= 0.6 is 0 Å². The van der Waals surface area contributed by atoms with E-state index in [2.05, 4.69) is 20.7 Å². The molecule has 5 heteroatoms. The molecule has 0 unspecified atom stereocenters. The molecule has 2 N–H and O–H groups in total. The summed E-state index contributed by atoms with van der Waals surface area (Å²) in [5.41, 5.74) is 4.24. The molecule has 1 aliphatic heterocycles. The van der Waals surface area contributed by atoms with E-state index in [0.29, 0.717) is 0 Å². The van der Waals surface area contributed by atoms with Crippen molar-refractivity contribution in [2.45, 2.75) is 13.5 Å². The molecule has 0 amide bonds. The van der Waals surface area contributed by atoms with E-state index in [1.165, 1.54) is 0 Å². The topological polar surface area (TPSA) is 54.8 Å². The number of pyridine rings is 1. The van der Waals surface area contributed by atoms with E-state index >= 15 is 0 Å². The van der Waals surface area contributed by atoms with Crippen molar-refractivity contribution in [2.75, 3.05) is 10.6 Å². The average molecular weight is 215 g/mol. The standard InChI is InChI=1S/C11H13N5/c1-7-10-9(16(2)15-7)6-13-8-4-3-5-12-11(8)14-10/h3-5,13H,6H2,1-2H3,(H,12,14). The van der Waals surface area contributed by atoms with E-state index in [1.54, 1.807) is 6.20 Å². The molecule has 3 heterocycles. The van der Waals surface area contributed by atoms with Crippen LogP contribution in [0.4, 0.5) is 17.2 Å². The molecule has 0 aromatic carbocycles. The SMILES string of the molecule is Cc1nn(C)c2c1Nc1ncccc1NC2. The Bertz CT molecular complexity index is 543. The van der Waals surface area contributed by atoms with Crippen LogP contribution < -0.4 is 10.6 Å². The third kappa shape index (κ3) is 1.25. The number of aromatic nitrogens is 3. The van der Waals surface area contributed by atoms with Gasteiger partial charge >= 0.3 is 0 Å². The quantitative estimate of drug-likeness (QED) is 0.703. The fourth-order valence-corrected chi connectivity index (χ4v) is 2.02. The lowest BCUT2D eigenvalue weighted by Gasteiger charge is -2.06. The minimum Gasteiger partial charge on any atom is -0.376 e. The Hall–Kier alpha value is -2.04. The third-order valence-electron chi connectivity index (χ3n) is 2.84. The van der Waals surface area contributed by atoms with Crippen LogP contribution in [0.2, 0.25) is 0 Å². The van der Waals surface area contributed by atoms with Gasteiger partial charge in [-0.15, -0.1) is 0 Å². The molecule has 1 aliphatic rings. The van der Waals surface area contributed by atoms with Crippen molar-refractivity contribution >= 4 is 17.2 Å². The highest BCUT2D eigenvalue weighted by Crippen LogP contribution is 2.31. The summed E-state index contributed by atoms with van der Waals surface area (Å²) < 4.78 is 1.90. The molecule has 0 atom stereocenters. The van der Waals surface area contributed by atoms with Gasteiger partial charge in [0.25, 0.3) is 0 Å². The molecule has 5 nitrogen and oxygen atoms in total. The van der Waals surface area contributed by atoms with Crippen molar-refractivity contribution < 1.29 is 0 Å². The number of hydrogen-bond donors (Lipinski definition) is 2. The van der Waals surface area contributed by atoms with Crippen molar-refractivity contribution in [2.24, 2.45) is 7.05 Å². The maximum absolute atomic E-state index is 4.39. The van der Waals surface area contributed by atoms with Crippen molar-refractivity contribution in [1.82, 2.24) is 14.8 Å². The molecular weight excluding hydrogens is 202 g/mol. The second kappa shape index (κ2) is 3.23. The average Bonchev–Trinajstić information content (AvgIpc) is 2.49. The largest absolute Gasteiger partial charge is 0.376 e. The summed E-state index contributed by atoms with van der Waals surface area (Å²) >= 11 is 0. The molecule has 16 heavy (non-hydrogen) atoms. The molecule has 0 radical (unpaired) electrons. The van der Waals surface area contributed by atoms with Gasteiger partial charge in [0.2, 0.25) is 0 Å². The van der Waals surface area contributed by atoms with E-state index in [1.807, 2.05) is 30.8 Å². The first-order chi connectivity index (χ1) is 7.75. The summed E-state index contributed by atoms with van der Waals surface area (Å²) in [6.07, 6.45) is 1.78. The van der Waals surface area contributed by atoms with Crippen molar-refractivity contribution in [3.05, 3.63) is 29.7 Å². The number of rotatable bonds is 0. The number of anilines is 3. The fourth-order valence-electron chi connectivity index (χ4n) is 2.02. The Labute approximate surface area is 93.5 Å². The van der Waals surface area contributed by atoms with Gasteiger partial charge in [-0.2, -0.15) is 5.10 Å². The van der Waals surface area contributed by atoms with E-state index in [-0.39, 0.29) is 0 Å². The van der Waals surface area contributed by atoms with Gasteiger partial charge in [-0.1, -0.05) is 0 Å². The van der Waals surface area contributed by atoms with Gasteiger partial charge < -0.3 is 10.6 Å². The molecule has 0 saturated carbocycles. The van der Waals surface area contributed by atoms with Crippen LogP contribution in [-0.2, 0) is 13.6 Å². The lowest BCUT2D eigenvalue weighted by atomic mass is 10.3. The molecule has 0 fully saturated rings. The van der Waals surface area contributed by atoms with Crippen LogP contribution in [0.15, 0.2) is 18.3 Å². The molecule has 0 saturated heterocycles. The number of hydrogen-bond acceptors (Lipinski definition) is 4. The summed E-state index contributed by atoms with van der Waals surface area (Å²) in [5.74, 6) is 0.859.